The van der Waals surface area contributed by atoms with Gasteiger partial charge in [0, 0.05) is 5.46 Å². The Morgan fingerprint density at radius 1 is 1.21 bits per heavy atom. The van der Waals surface area contributed by atoms with Gasteiger partial charge in [-0.1, -0.05) is 43.8 Å². The summed E-state index contributed by atoms with van der Waals surface area (Å²) in [5.74, 6) is 0.489. The molecule has 0 fully saturated rings. The number of benzene rings is 2. The van der Waals surface area contributed by atoms with Gasteiger partial charge in [0.15, 0.2) is 0 Å². The van der Waals surface area contributed by atoms with E-state index in [4.69, 9.17) is 4.74 Å². The molecule has 0 amide bonds. The van der Waals surface area contributed by atoms with Crippen LogP contribution in [-0.2, 0) is 0 Å². The molecule has 0 atom stereocenters. The van der Waals surface area contributed by atoms with Crippen LogP contribution in [0.3, 0.4) is 0 Å². The lowest BCUT2D eigenvalue weighted by Gasteiger charge is -2.14. The van der Waals surface area contributed by atoms with E-state index in [9.17, 15) is 10.0 Å². The van der Waals surface area contributed by atoms with Crippen molar-refractivity contribution >= 4 is 23.4 Å². The maximum absolute atomic E-state index is 9.58. The van der Waals surface area contributed by atoms with E-state index < -0.39 is 7.12 Å². The van der Waals surface area contributed by atoms with Gasteiger partial charge in [-0.15, -0.1) is 0 Å². The number of hydrogen-bond acceptors (Lipinski definition) is 3. The van der Waals surface area contributed by atoms with Crippen molar-refractivity contribution in [3.63, 3.8) is 0 Å². The summed E-state index contributed by atoms with van der Waals surface area (Å²) >= 11 is 0. The van der Waals surface area contributed by atoms with Gasteiger partial charge >= 0.3 is 7.12 Å². The average Bonchev–Trinajstić information content (AvgIpc) is 2.43. The van der Waals surface area contributed by atoms with Gasteiger partial charge in [0.2, 0.25) is 0 Å². The molecule has 0 radical (unpaired) electrons. The third-order valence-corrected chi connectivity index (χ3v) is 3.12. The van der Waals surface area contributed by atoms with E-state index in [0.29, 0.717) is 17.8 Å². The van der Waals surface area contributed by atoms with Gasteiger partial charge < -0.3 is 14.8 Å². The molecule has 0 aromatic heterocycles. The summed E-state index contributed by atoms with van der Waals surface area (Å²) in [4.78, 5) is 0. The minimum atomic E-state index is -1.56. The lowest BCUT2D eigenvalue weighted by atomic mass is 9.76. The molecule has 2 aromatic carbocycles. The summed E-state index contributed by atoms with van der Waals surface area (Å²) in [5, 5.41) is 20.9. The largest absolute Gasteiger partial charge is 0.492 e. The first kappa shape index (κ1) is 13.7. The maximum atomic E-state index is 9.58. The molecule has 2 aromatic rings. The van der Waals surface area contributed by atoms with Crippen LogP contribution in [0.2, 0.25) is 0 Å². The molecular weight excluding hydrogens is 239 g/mol. The number of fused-ring (bicyclic) bond motifs is 1. The molecule has 2 N–H and O–H groups in total. The standard InChI is InChI=1S/C15H17BO3/c1-3-11(2)10-19-14-9-8-12-6-4-5-7-13(12)15(14)16(17)18/h4-9,17-18H,2-3,10H2,1H3. The van der Waals surface area contributed by atoms with Crippen LogP contribution in [0, 0.1) is 0 Å². The van der Waals surface area contributed by atoms with Crippen molar-refractivity contribution in [1.29, 1.82) is 0 Å². The molecule has 0 unspecified atom stereocenters. The van der Waals surface area contributed by atoms with Gasteiger partial charge in [-0.05, 0) is 28.8 Å². The Balaban J connectivity index is 2.43. The number of rotatable bonds is 5. The normalized spacial score (nSPS) is 10.5. The monoisotopic (exact) mass is 256 g/mol. The predicted octanol–water partition coefficient (Wildman–Crippen LogP) is 1.86. The van der Waals surface area contributed by atoms with Crippen molar-refractivity contribution in [2.45, 2.75) is 13.3 Å². The van der Waals surface area contributed by atoms with Crippen LogP contribution in [0.25, 0.3) is 10.8 Å². The van der Waals surface area contributed by atoms with Crippen molar-refractivity contribution < 1.29 is 14.8 Å². The van der Waals surface area contributed by atoms with Crippen LogP contribution in [0.5, 0.6) is 5.75 Å². The molecule has 0 saturated heterocycles. The van der Waals surface area contributed by atoms with Crippen molar-refractivity contribution in [3.8, 4) is 5.75 Å². The van der Waals surface area contributed by atoms with Crippen molar-refractivity contribution in [3.05, 3.63) is 48.6 Å². The van der Waals surface area contributed by atoms with Crippen LogP contribution < -0.4 is 10.2 Å². The molecule has 0 saturated carbocycles. The van der Waals surface area contributed by atoms with Gasteiger partial charge in [-0.25, -0.2) is 0 Å². The Kier molecular flexibility index (Phi) is 4.25. The van der Waals surface area contributed by atoms with Gasteiger partial charge in [0.25, 0.3) is 0 Å². The minimum Gasteiger partial charge on any atom is -0.490 e. The third-order valence-electron chi connectivity index (χ3n) is 3.12. The molecule has 2 rings (SSSR count). The number of hydrogen-bond donors (Lipinski definition) is 2. The van der Waals surface area contributed by atoms with Crippen molar-refractivity contribution in [2.75, 3.05) is 6.61 Å². The fourth-order valence-corrected chi connectivity index (χ4v) is 1.95. The van der Waals surface area contributed by atoms with E-state index in [1.54, 1.807) is 6.07 Å². The number of ether oxygens (including phenoxy) is 1. The highest BCUT2D eigenvalue weighted by atomic mass is 16.5. The van der Waals surface area contributed by atoms with Crippen LogP contribution in [-0.4, -0.2) is 23.8 Å². The average molecular weight is 256 g/mol. The molecule has 4 heteroatoms. The molecule has 0 aliphatic heterocycles. The van der Waals surface area contributed by atoms with Crippen LogP contribution >= 0.6 is 0 Å². The van der Waals surface area contributed by atoms with Gasteiger partial charge in [0.05, 0.1) is 0 Å². The molecular formula is C15H17BO3. The molecule has 19 heavy (non-hydrogen) atoms. The van der Waals surface area contributed by atoms with Crippen molar-refractivity contribution in [1.82, 2.24) is 0 Å². The molecule has 0 aliphatic rings. The predicted molar refractivity (Wildman–Crippen MR) is 78.7 cm³/mol. The zero-order valence-electron chi connectivity index (χ0n) is 11.0. The topological polar surface area (TPSA) is 49.7 Å². The molecule has 98 valence electrons. The van der Waals surface area contributed by atoms with Gasteiger partial charge in [-0.3, -0.25) is 0 Å². The summed E-state index contributed by atoms with van der Waals surface area (Å²) in [6.07, 6.45) is 0.838. The molecule has 3 nitrogen and oxygen atoms in total. The SMILES string of the molecule is C=C(CC)COc1ccc2ccccc2c1B(O)O. The van der Waals surface area contributed by atoms with E-state index in [1.165, 1.54) is 0 Å². The quantitative estimate of drug-likeness (QED) is 0.634. The van der Waals surface area contributed by atoms with Gasteiger partial charge in [-0.2, -0.15) is 0 Å². The smallest absolute Gasteiger partial charge is 0.490 e. The van der Waals surface area contributed by atoms with E-state index in [1.807, 2.05) is 37.3 Å². The minimum absolute atomic E-state index is 0.383. The Hall–Kier alpha value is -1.78. The molecule has 0 spiro atoms. The van der Waals surface area contributed by atoms with E-state index in [0.717, 1.165) is 22.8 Å². The van der Waals surface area contributed by atoms with Crippen molar-refractivity contribution in [2.24, 2.45) is 0 Å². The summed E-state index contributed by atoms with van der Waals surface area (Å²) in [5.41, 5.74) is 1.37. The fraction of sp³-hybridized carbons (Fsp3) is 0.200. The zero-order chi connectivity index (χ0) is 13.8. The second-order valence-corrected chi connectivity index (χ2v) is 4.46. The Morgan fingerprint density at radius 3 is 2.63 bits per heavy atom. The van der Waals surface area contributed by atoms with E-state index in [-0.39, 0.29) is 0 Å². The Bertz CT molecular complexity index is 593. The lowest BCUT2D eigenvalue weighted by molar-refractivity contribution is 0.349. The third kappa shape index (κ3) is 2.97. The molecule has 0 aliphatic carbocycles. The van der Waals surface area contributed by atoms with Crippen LogP contribution in [0.4, 0.5) is 0 Å². The van der Waals surface area contributed by atoms with E-state index >= 15 is 0 Å². The highest BCUT2D eigenvalue weighted by Gasteiger charge is 2.20. The van der Waals surface area contributed by atoms with Crippen LogP contribution in [0.1, 0.15) is 13.3 Å². The fourth-order valence-electron chi connectivity index (χ4n) is 1.95. The summed E-state index contributed by atoms with van der Waals surface area (Å²) in [7, 11) is -1.56. The molecule has 0 bridgehead atoms. The highest BCUT2D eigenvalue weighted by Crippen LogP contribution is 2.19. The first-order chi connectivity index (χ1) is 9.13. The second kappa shape index (κ2) is 5.91. The zero-order valence-corrected chi connectivity index (χ0v) is 11.0. The first-order valence-electron chi connectivity index (χ1n) is 6.30. The first-order valence-corrected chi connectivity index (χ1v) is 6.30. The van der Waals surface area contributed by atoms with Gasteiger partial charge in [0.1, 0.15) is 12.4 Å². The Labute approximate surface area is 113 Å². The highest BCUT2D eigenvalue weighted by molar-refractivity contribution is 6.63. The van der Waals surface area contributed by atoms with Crippen LogP contribution in [0.15, 0.2) is 48.6 Å². The lowest BCUT2D eigenvalue weighted by Crippen LogP contribution is -2.32. The second-order valence-electron chi connectivity index (χ2n) is 4.46. The maximum Gasteiger partial charge on any atom is 0.492 e. The van der Waals surface area contributed by atoms with E-state index in [2.05, 4.69) is 6.58 Å². The Morgan fingerprint density at radius 2 is 1.95 bits per heavy atom. The summed E-state index contributed by atoms with van der Waals surface area (Å²) in [6, 6.07) is 11.2. The summed E-state index contributed by atoms with van der Waals surface area (Å²) in [6.45, 7) is 6.27. The molecule has 0 heterocycles. The summed E-state index contributed by atoms with van der Waals surface area (Å²) < 4.78 is 5.64.